The van der Waals surface area contributed by atoms with E-state index in [-0.39, 0.29) is 5.92 Å². The number of alkyl halides is 3. The lowest BCUT2D eigenvalue weighted by Gasteiger charge is -2.08. The van der Waals surface area contributed by atoms with Crippen LogP contribution in [0.15, 0.2) is 11.9 Å². The van der Waals surface area contributed by atoms with Crippen molar-refractivity contribution in [3.8, 4) is 0 Å². The summed E-state index contributed by atoms with van der Waals surface area (Å²) in [6.45, 7) is 3.46. The lowest BCUT2D eigenvalue weighted by Crippen LogP contribution is -2.09. The molecular weight excluding hydrogens is 172 g/mol. The maximum Gasteiger partial charge on any atom is 0.442 e. The SMILES string of the molecule is CCC(/C=C(\F)C(F)(F)F)CC. The average Bonchev–Trinajstić information content (AvgIpc) is 1.97. The zero-order chi connectivity index (χ0) is 9.78. The molecule has 4 heteroatoms. The molecule has 0 N–H and O–H groups in total. The van der Waals surface area contributed by atoms with Crippen LogP contribution < -0.4 is 0 Å². The first kappa shape index (κ1) is 11.5. The van der Waals surface area contributed by atoms with Gasteiger partial charge in [-0.15, -0.1) is 0 Å². The molecule has 0 aliphatic rings. The second-order valence-corrected chi connectivity index (χ2v) is 2.59. The van der Waals surface area contributed by atoms with Gasteiger partial charge in [-0.2, -0.15) is 13.2 Å². The first-order valence-corrected chi connectivity index (χ1v) is 3.86. The third-order valence-corrected chi connectivity index (χ3v) is 1.70. The molecule has 0 aromatic rings. The van der Waals surface area contributed by atoms with Crippen molar-refractivity contribution in [2.24, 2.45) is 5.92 Å². The molecule has 0 atom stereocenters. The van der Waals surface area contributed by atoms with E-state index in [4.69, 9.17) is 0 Å². The van der Waals surface area contributed by atoms with Crippen LogP contribution in [-0.4, -0.2) is 6.18 Å². The molecule has 0 aliphatic heterocycles. The van der Waals surface area contributed by atoms with Crippen molar-refractivity contribution < 1.29 is 17.6 Å². The molecule has 0 rings (SSSR count). The Kier molecular flexibility index (Phi) is 4.28. The summed E-state index contributed by atoms with van der Waals surface area (Å²) in [5.74, 6) is -2.29. The van der Waals surface area contributed by atoms with E-state index in [1.54, 1.807) is 13.8 Å². The highest BCUT2D eigenvalue weighted by molar-refractivity contribution is 5.01. The summed E-state index contributed by atoms with van der Waals surface area (Å²) in [6.07, 6.45) is -3.11. The largest absolute Gasteiger partial charge is 0.442 e. The molecule has 0 aromatic heterocycles. The van der Waals surface area contributed by atoms with Gasteiger partial charge in [0.2, 0.25) is 0 Å². The van der Waals surface area contributed by atoms with Gasteiger partial charge in [-0.25, -0.2) is 4.39 Å². The summed E-state index contributed by atoms with van der Waals surface area (Å²) in [6, 6.07) is 0. The summed E-state index contributed by atoms with van der Waals surface area (Å²) < 4.78 is 47.2. The van der Waals surface area contributed by atoms with Gasteiger partial charge in [0.1, 0.15) is 0 Å². The molecule has 0 unspecified atom stereocenters. The summed E-state index contributed by atoms with van der Waals surface area (Å²) in [5, 5.41) is 0. The fourth-order valence-electron chi connectivity index (χ4n) is 0.826. The lowest BCUT2D eigenvalue weighted by atomic mass is 10.0. The van der Waals surface area contributed by atoms with Gasteiger partial charge in [-0.3, -0.25) is 0 Å². The van der Waals surface area contributed by atoms with E-state index in [9.17, 15) is 17.6 Å². The molecule has 0 bridgehead atoms. The molecule has 0 aliphatic carbocycles. The van der Waals surface area contributed by atoms with Crippen LogP contribution in [0, 0.1) is 5.92 Å². The standard InChI is InChI=1S/C8H12F4/c1-3-6(4-2)5-7(9)8(10,11)12/h5-6H,3-4H2,1-2H3/b7-5-. The average molecular weight is 184 g/mol. The molecule has 0 saturated carbocycles. The van der Waals surface area contributed by atoms with E-state index in [2.05, 4.69) is 0 Å². The highest BCUT2D eigenvalue weighted by Crippen LogP contribution is 2.28. The third-order valence-electron chi connectivity index (χ3n) is 1.70. The van der Waals surface area contributed by atoms with E-state index in [0.29, 0.717) is 18.9 Å². The van der Waals surface area contributed by atoms with Crippen LogP contribution in [0.2, 0.25) is 0 Å². The minimum Gasteiger partial charge on any atom is -0.202 e. The Hall–Kier alpha value is -0.540. The lowest BCUT2D eigenvalue weighted by molar-refractivity contribution is -0.109. The van der Waals surface area contributed by atoms with E-state index in [1.807, 2.05) is 0 Å². The van der Waals surface area contributed by atoms with E-state index >= 15 is 0 Å². The second-order valence-electron chi connectivity index (χ2n) is 2.59. The van der Waals surface area contributed by atoms with Crippen molar-refractivity contribution in [1.82, 2.24) is 0 Å². The number of allylic oxidation sites excluding steroid dienone is 2. The Morgan fingerprint density at radius 2 is 1.67 bits per heavy atom. The molecule has 0 radical (unpaired) electrons. The van der Waals surface area contributed by atoms with Crippen LogP contribution >= 0.6 is 0 Å². The number of rotatable bonds is 3. The van der Waals surface area contributed by atoms with Crippen LogP contribution in [0.5, 0.6) is 0 Å². The highest BCUT2D eigenvalue weighted by Gasteiger charge is 2.34. The van der Waals surface area contributed by atoms with Crippen LogP contribution in [0.1, 0.15) is 26.7 Å². The van der Waals surface area contributed by atoms with Gasteiger partial charge in [0.05, 0.1) is 0 Å². The maximum absolute atomic E-state index is 12.3. The van der Waals surface area contributed by atoms with Crippen molar-refractivity contribution in [3.63, 3.8) is 0 Å². The molecule has 0 amide bonds. The monoisotopic (exact) mass is 184 g/mol. The fourth-order valence-corrected chi connectivity index (χ4v) is 0.826. The quantitative estimate of drug-likeness (QED) is 0.584. The Balaban J connectivity index is 4.33. The smallest absolute Gasteiger partial charge is 0.202 e. The van der Waals surface area contributed by atoms with Crippen molar-refractivity contribution in [2.45, 2.75) is 32.9 Å². The first-order chi connectivity index (χ1) is 5.41. The van der Waals surface area contributed by atoms with Gasteiger partial charge in [0.15, 0.2) is 5.83 Å². The molecule has 0 heterocycles. The van der Waals surface area contributed by atoms with Crippen molar-refractivity contribution in [1.29, 1.82) is 0 Å². The minimum atomic E-state index is -4.82. The predicted octanol–water partition coefficient (Wildman–Crippen LogP) is 3.84. The molecule has 12 heavy (non-hydrogen) atoms. The summed E-state index contributed by atoms with van der Waals surface area (Å²) >= 11 is 0. The fraction of sp³-hybridized carbons (Fsp3) is 0.750. The van der Waals surface area contributed by atoms with Crippen molar-refractivity contribution in [2.75, 3.05) is 0 Å². The van der Waals surface area contributed by atoms with E-state index in [1.165, 1.54) is 0 Å². The molecule has 0 nitrogen and oxygen atoms in total. The topological polar surface area (TPSA) is 0 Å². The van der Waals surface area contributed by atoms with Crippen molar-refractivity contribution >= 4 is 0 Å². The number of hydrogen-bond donors (Lipinski definition) is 0. The van der Waals surface area contributed by atoms with Crippen LogP contribution in [0.4, 0.5) is 17.6 Å². The maximum atomic E-state index is 12.3. The van der Waals surface area contributed by atoms with Crippen LogP contribution in [0.25, 0.3) is 0 Å². The van der Waals surface area contributed by atoms with Gasteiger partial charge in [-0.1, -0.05) is 13.8 Å². The second kappa shape index (κ2) is 4.48. The highest BCUT2D eigenvalue weighted by atomic mass is 19.4. The van der Waals surface area contributed by atoms with Crippen molar-refractivity contribution in [3.05, 3.63) is 11.9 Å². The van der Waals surface area contributed by atoms with Gasteiger partial charge >= 0.3 is 6.18 Å². The molecule has 0 aromatic carbocycles. The minimum absolute atomic E-state index is 0.313. The molecule has 0 saturated heterocycles. The van der Waals surface area contributed by atoms with E-state index < -0.39 is 12.0 Å². The van der Waals surface area contributed by atoms with E-state index in [0.717, 1.165) is 0 Å². The van der Waals surface area contributed by atoms with Gasteiger partial charge in [-0.05, 0) is 24.8 Å². The number of hydrogen-bond acceptors (Lipinski definition) is 0. The summed E-state index contributed by atoms with van der Waals surface area (Å²) in [5.41, 5.74) is 0. The van der Waals surface area contributed by atoms with Crippen LogP contribution in [0.3, 0.4) is 0 Å². The third kappa shape index (κ3) is 3.74. The number of halogens is 4. The Morgan fingerprint density at radius 1 is 1.25 bits per heavy atom. The molecule has 72 valence electrons. The normalized spacial score (nSPS) is 14.1. The molecular formula is C8H12F4. The van der Waals surface area contributed by atoms with Crippen LogP contribution in [-0.2, 0) is 0 Å². The Morgan fingerprint density at radius 3 is 1.92 bits per heavy atom. The Bertz CT molecular complexity index is 153. The first-order valence-electron chi connectivity index (χ1n) is 3.86. The molecule has 0 spiro atoms. The summed E-state index contributed by atoms with van der Waals surface area (Å²) in [7, 11) is 0. The summed E-state index contributed by atoms with van der Waals surface area (Å²) in [4.78, 5) is 0. The van der Waals surface area contributed by atoms with Gasteiger partial charge in [0.25, 0.3) is 0 Å². The Labute approximate surface area is 69.3 Å². The zero-order valence-corrected chi connectivity index (χ0v) is 7.08. The predicted molar refractivity (Wildman–Crippen MR) is 39.3 cm³/mol. The van der Waals surface area contributed by atoms with Gasteiger partial charge in [0, 0.05) is 0 Å². The van der Waals surface area contributed by atoms with Gasteiger partial charge < -0.3 is 0 Å². The molecule has 0 fully saturated rings. The zero-order valence-electron chi connectivity index (χ0n) is 7.08.